The average molecular weight is 225 g/mol. The van der Waals surface area contributed by atoms with Gasteiger partial charge in [-0.05, 0) is 24.6 Å². The number of aliphatic carboxylic acids is 1. The van der Waals surface area contributed by atoms with Crippen LogP contribution < -0.4 is 5.32 Å². The van der Waals surface area contributed by atoms with Crippen LogP contribution in [-0.2, 0) is 11.3 Å². The molecule has 0 amide bonds. The molecule has 1 aromatic carbocycles. The summed E-state index contributed by atoms with van der Waals surface area (Å²) in [6.45, 7) is 1.69. The van der Waals surface area contributed by atoms with Gasteiger partial charge in [0.15, 0.2) is 0 Å². The zero-order chi connectivity index (χ0) is 12.1. The highest BCUT2D eigenvalue weighted by molar-refractivity contribution is 5.74. The van der Waals surface area contributed by atoms with Crippen molar-refractivity contribution in [2.45, 2.75) is 25.6 Å². The van der Waals surface area contributed by atoms with Gasteiger partial charge in [-0.1, -0.05) is 12.1 Å². The third kappa shape index (κ3) is 3.52. The van der Waals surface area contributed by atoms with Crippen molar-refractivity contribution in [1.82, 2.24) is 5.32 Å². The van der Waals surface area contributed by atoms with E-state index in [1.807, 2.05) is 0 Å². The molecule has 16 heavy (non-hydrogen) atoms. The van der Waals surface area contributed by atoms with E-state index in [0.29, 0.717) is 0 Å². The number of carboxylic acids is 1. The first-order valence-corrected chi connectivity index (χ1v) is 4.93. The number of hydrogen-bond donors (Lipinski definition) is 4. The zero-order valence-electron chi connectivity index (χ0n) is 8.92. The van der Waals surface area contributed by atoms with Crippen molar-refractivity contribution in [3.05, 3.63) is 29.8 Å². The molecule has 0 aliphatic rings. The van der Waals surface area contributed by atoms with Gasteiger partial charge in [0.2, 0.25) is 0 Å². The Bertz CT molecular complexity index is 365. The van der Waals surface area contributed by atoms with E-state index in [9.17, 15) is 15.0 Å². The molecule has 2 atom stereocenters. The SMILES string of the molecule is CC(O)C(NCc1cccc(O)c1)C(=O)O. The smallest absolute Gasteiger partial charge is 0.323 e. The largest absolute Gasteiger partial charge is 0.508 e. The molecule has 0 heterocycles. The van der Waals surface area contributed by atoms with Crippen LogP contribution >= 0.6 is 0 Å². The number of phenols is 1. The van der Waals surface area contributed by atoms with Gasteiger partial charge in [0, 0.05) is 6.54 Å². The first-order chi connectivity index (χ1) is 7.50. The summed E-state index contributed by atoms with van der Waals surface area (Å²) in [7, 11) is 0. The lowest BCUT2D eigenvalue weighted by Crippen LogP contribution is -2.44. The summed E-state index contributed by atoms with van der Waals surface area (Å²) < 4.78 is 0. The average Bonchev–Trinajstić information content (AvgIpc) is 2.16. The van der Waals surface area contributed by atoms with Crippen LogP contribution in [0.25, 0.3) is 0 Å². The molecular formula is C11H15NO4. The van der Waals surface area contributed by atoms with Crippen LogP contribution in [0.1, 0.15) is 12.5 Å². The molecule has 0 aliphatic carbocycles. The summed E-state index contributed by atoms with van der Waals surface area (Å²) in [5.41, 5.74) is 0.756. The van der Waals surface area contributed by atoms with E-state index in [4.69, 9.17) is 5.11 Å². The molecule has 4 N–H and O–H groups in total. The zero-order valence-corrected chi connectivity index (χ0v) is 8.92. The van der Waals surface area contributed by atoms with E-state index in [1.165, 1.54) is 19.1 Å². The fourth-order valence-electron chi connectivity index (χ4n) is 1.36. The van der Waals surface area contributed by atoms with Crippen molar-refractivity contribution in [1.29, 1.82) is 0 Å². The molecule has 5 heteroatoms. The molecule has 88 valence electrons. The number of hydrogen-bond acceptors (Lipinski definition) is 4. The second-order valence-corrected chi connectivity index (χ2v) is 3.61. The summed E-state index contributed by atoms with van der Waals surface area (Å²) in [5, 5.41) is 29.9. The van der Waals surface area contributed by atoms with Gasteiger partial charge in [-0.25, -0.2) is 0 Å². The van der Waals surface area contributed by atoms with Gasteiger partial charge in [0.05, 0.1) is 6.10 Å². The van der Waals surface area contributed by atoms with Crippen LogP contribution in [-0.4, -0.2) is 33.4 Å². The number of carbonyl (C=O) groups is 1. The van der Waals surface area contributed by atoms with E-state index < -0.39 is 18.1 Å². The predicted molar refractivity (Wildman–Crippen MR) is 58.1 cm³/mol. The Morgan fingerprint density at radius 2 is 2.19 bits per heavy atom. The van der Waals surface area contributed by atoms with Crippen molar-refractivity contribution in [3.8, 4) is 5.75 Å². The van der Waals surface area contributed by atoms with Crippen LogP contribution in [0, 0.1) is 0 Å². The molecule has 1 rings (SSSR count). The number of nitrogens with one attached hydrogen (secondary N) is 1. The minimum absolute atomic E-state index is 0.128. The molecule has 0 aliphatic heterocycles. The Morgan fingerprint density at radius 1 is 1.50 bits per heavy atom. The Kier molecular flexibility index (Phi) is 4.28. The number of aromatic hydroxyl groups is 1. The highest BCUT2D eigenvalue weighted by atomic mass is 16.4. The van der Waals surface area contributed by atoms with Gasteiger partial charge in [-0.15, -0.1) is 0 Å². The maximum absolute atomic E-state index is 10.8. The third-order valence-electron chi connectivity index (χ3n) is 2.19. The van der Waals surface area contributed by atoms with Crippen molar-refractivity contribution >= 4 is 5.97 Å². The molecule has 1 aromatic rings. The highest BCUT2D eigenvalue weighted by Gasteiger charge is 2.21. The second-order valence-electron chi connectivity index (χ2n) is 3.61. The molecule has 0 bridgehead atoms. The molecule has 0 spiro atoms. The van der Waals surface area contributed by atoms with Crippen LogP contribution in [0.2, 0.25) is 0 Å². The first kappa shape index (κ1) is 12.5. The van der Waals surface area contributed by atoms with Crippen LogP contribution in [0.3, 0.4) is 0 Å². The fourth-order valence-corrected chi connectivity index (χ4v) is 1.36. The predicted octanol–water partition coefficient (Wildman–Crippen LogP) is 0.316. The van der Waals surface area contributed by atoms with Gasteiger partial charge < -0.3 is 15.3 Å². The van der Waals surface area contributed by atoms with Crippen molar-refractivity contribution < 1.29 is 20.1 Å². The number of benzene rings is 1. The van der Waals surface area contributed by atoms with E-state index >= 15 is 0 Å². The lowest BCUT2D eigenvalue weighted by molar-refractivity contribution is -0.142. The third-order valence-corrected chi connectivity index (χ3v) is 2.19. The molecule has 0 saturated carbocycles. The minimum atomic E-state index is -1.10. The number of aliphatic hydroxyl groups excluding tert-OH is 1. The summed E-state index contributed by atoms with van der Waals surface area (Å²) in [6, 6.07) is 5.49. The number of phenolic OH excluding ortho intramolecular Hbond substituents is 1. The second kappa shape index (κ2) is 5.48. The van der Waals surface area contributed by atoms with Gasteiger partial charge in [-0.3, -0.25) is 10.1 Å². The Balaban J connectivity index is 2.59. The maximum atomic E-state index is 10.8. The summed E-state index contributed by atoms with van der Waals surface area (Å²) in [6.07, 6.45) is -0.977. The van der Waals surface area contributed by atoms with E-state index in [2.05, 4.69) is 5.32 Å². The number of rotatable bonds is 5. The van der Waals surface area contributed by atoms with E-state index in [-0.39, 0.29) is 12.3 Å². The van der Waals surface area contributed by atoms with Crippen LogP contribution in [0.5, 0.6) is 5.75 Å². The molecular weight excluding hydrogens is 210 g/mol. The maximum Gasteiger partial charge on any atom is 0.323 e. The Morgan fingerprint density at radius 3 is 2.69 bits per heavy atom. The topological polar surface area (TPSA) is 89.8 Å². The lowest BCUT2D eigenvalue weighted by atomic mass is 10.1. The number of aliphatic hydroxyl groups is 1. The molecule has 5 nitrogen and oxygen atoms in total. The highest BCUT2D eigenvalue weighted by Crippen LogP contribution is 2.10. The monoisotopic (exact) mass is 225 g/mol. The van der Waals surface area contributed by atoms with Crippen LogP contribution in [0.15, 0.2) is 24.3 Å². The standard InChI is InChI=1S/C11H15NO4/c1-7(13)10(11(15)16)12-6-8-3-2-4-9(14)5-8/h2-5,7,10,12-14H,6H2,1H3,(H,15,16). The summed E-state index contributed by atoms with van der Waals surface area (Å²) in [4.78, 5) is 10.8. The van der Waals surface area contributed by atoms with Crippen molar-refractivity contribution in [3.63, 3.8) is 0 Å². The molecule has 0 saturated heterocycles. The van der Waals surface area contributed by atoms with E-state index in [0.717, 1.165) is 5.56 Å². The Labute approximate surface area is 93.4 Å². The minimum Gasteiger partial charge on any atom is -0.508 e. The van der Waals surface area contributed by atoms with Crippen LogP contribution in [0.4, 0.5) is 0 Å². The summed E-state index contributed by atoms with van der Waals surface area (Å²) in [5.74, 6) is -0.974. The summed E-state index contributed by atoms with van der Waals surface area (Å²) >= 11 is 0. The van der Waals surface area contributed by atoms with Gasteiger partial charge in [0.25, 0.3) is 0 Å². The van der Waals surface area contributed by atoms with E-state index in [1.54, 1.807) is 12.1 Å². The van der Waals surface area contributed by atoms with Crippen molar-refractivity contribution in [2.75, 3.05) is 0 Å². The fraction of sp³-hybridized carbons (Fsp3) is 0.364. The van der Waals surface area contributed by atoms with Gasteiger partial charge in [0.1, 0.15) is 11.8 Å². The Hall–Kier alpha value is -1.59. The molecule has 2 unspecified atom stereocenters. The van der Waals surface area contributed by atoms with Gasteiger partial charge >= 0.3 is 5.97 Å². The lowest BCUT2D eigenvalue weighted by Gasteiger charge is -2.16. The normalized spacial score (nSPS) is 14.4. The van der Waals surface area contributed by atoms with Crippen molar-refractivity contribution in [2.24, 2.45) is 0 Å². The van der Waals surface area contributed by atoms with Gasteiger partial charge in [-0.2, -0.15) is 0 Å². The molecule has 0 radical (unpaired) electrons. The number of carboxylic acid groups (broad SMARTS) is 1. The molecule has 0 fully saturated rings. The first-order valence-electron chi connectivity index (χ1n) is 4.93. The quantitative estimate of drug-likeness (QED) is 0.579. The molecule has 0 aromatic heterocycles.